The number of rotatable bonds is 4. The zero-order chi connectivity index (χ0) is 12.8. The van der Waals surface area contributed by atoms with E-state index in [1.807, 2.05) is 13.1 Å². The molecule has 0 amide bonds. The van der Waals surface area contributed by atoms with Crippen LogP contribution in [0.5, 0.6) is 0 Å². The molecular formula is C16H16BrN. The Labute approximate surface area is 117 Å². The second kappa shape index (κ2) is 6.53. The molecule has 0 aliphatic heterocycles. The lowest BCUT2D eigenvalue weighted by Gasteiger charge is -2.09. The predicted molar refractivity (Wildman–Crippen MR) is 81.6 cm³/mol. The van der Waals surface area contributed by atoms with Crippen molar-refractivity contribution in [3.05, 3.63) is 76.3 Å². The van der Waals surface area contributed by atoms with Gasteiger partial charge in [0, 0.05) is 11.0 Å². The first-order chi connectivity index (χ1) is 8.81. The normalized spacial score (nSPS) is 11.6. The molecule has 0 fully saturated rings. The molecule has 2 aromatic rings. The van der Waals surface area contributed by atoms with Crippen LogP contribution in [0, 0.1) is 0 Å². The Morgan fingerprint density at radius 3 is 2.22 bits per heavy atom. The minimum absolute atomic E-state index is 0.861. The summed E-state index contributed by atoms with van der Waals surface area (Å²) in [6.45, 7) is 0.861. The van der Waals surface area contributed by atoms with Crippen molar-refractivity contribution in [3.8, 4) is 0 Å². The Bertz CT molecular complexity index is 515. The summed E-state index contributed by atoms with van der Waals surface area (Å²) in [6.07, 6.45) is 2.22. The first-order valence-corrected chi connectivity index (χ1v) is 6.76. The van der Waals surface area contributed by atoms with Crippen LogP contribution in [-0.4, -0.2) is 13.6 Å². The van der Waals surface area contributed by atoms with Crippen molar-refractivity contribution >= 4 is 21.5 Å². The summed E-state index contributed by atoms with van der Waals surface area (Å²) in [5, 5.41) is 3.16. The molecule has 0 heterocycles. The monoisotopic (exact) mass is 301 g/mol. The van der Waals surface area contributed by atoms with Crippen LogP contribution in [0.3, 0.4) is 0 Å². The maximum absolute atomic E-state index is 3.47. The summed E-state index contributed by atoms with van der Waals surface area (Å²) in [5.41, 5.74) is 3.74. The van der Waals surface area contributed by atoms with E-state index >= 15 is 0 Å². The van der Waals surface area contributed by atoms with Crippen LogP contribution in [0.1, 0.15) is 11.1 Å². The first-order valence-electron chi connectivity index (χ1n) is 5.97. The maximum atomic E-state index is 3.47. The summed E-state index contributed by atoms with van der Waals surface area (Å²) in [4.78, 5) is 0. The van der Waals surface area contributed by atoms with Crippen LogP contribution in [0.25, 0.3) is 5.57 Å². The van der Waals surface area contributed by atoms with Crippen LogP contribution in [0.15, 0.2) is 65.1 Å². The fourth-order valence-corrected chi connectivity index (χ4v) is 2.12. The van der Waals surface area contributed by atoms with E-state index in [0.717, 1.165) is 11.0 Å². The minimum atomic E-state index is 0.861. The van der Waals surface area contributed by atoms with Crippen molar-refractivity contribution in [2.45, 2.75) is 0 Å². The van der Waals surface area contributed by atoms with Gasteiger partial charge in [-0.2, -0.15) is 0 Å². The molecule has 0 atom stereocenters. The number of benzene rings is 2. The van der Waals surface area contributed by atoms with Crippen molar-refractivity contribution in [1.29, 1.82) is 0 Å². The van der Waals surface area contributed by atoms with Crippen molar-refractivity contribution < 1.29 is 0 Å². The van der Waals surface area contributed by atoms with Crippen molar-refractivity contribution in [1.82, 2.24) is 5.32 Å². The van der Waals surface area contributed by atoms with Crippen molar-refractivity contribution in [2.24, 2.45) is 0 Å². The Morgan fingerprint density at radius 1 is 1.00 bits per heavy atom. The van der Waals surface area contributed by atoms with Gasteiger partial charge in [0.15, 0.2) is 0 Å². The molecule has 18 heavy (non-hydrogen) atoms. The highest BCUT2D eigenvalue weighted by atomic mass is 79.9. The molecule has 0 saturated heterocycles. The van der Waals surface area contributed by atoms with Gasteiger partial charge in [-0.15, -0.1) is 0 Å². The fraction of sp³-hybridized carbons (Fsp3) is 0.125. The molecule has 2 rings (SSSR count). The van der Waals surface area contributed by atoms with Gasteiger partial charge in [-0.25, -0.2) is 0 Å². The lowest BCUT2D eigenvalue weighted by Crippen LogP contribution is -2.05. The molecule has 0 saturated carbocycles. The van der Waals surface area contributed by atoms with E-state index < -0.39 is 0 Å². The molecule has 1 nitrogen and oxygen atoms in total. The highest BCUT2D eigenvalue weighted by Gasteiger charge is 2.03. The third-order valence-electron chi connectivity index (χ3n) is 2.75. The smallest absolute Gasteiger partial charge is 0.0175 e. The topological polar surface area (TPSA) is 12.0 Å². The fourth-order valence-electron chi connectivity index (χ4n) is 1.85. The zero-order valence-corrected chi connectivity index (χ0v) is 11.9. The van der Waals surface area contributed by atoms with Gasteiger partial charge in [0.25, 0.3) is 0 Å². The second-order valence-corrected chi connectivity index (χ2v) is 4.96. The summed E-state index contributed by atoms with van der Waals surface area (Å²) >= 11 is 3.47. The van der Waals surface area contributed by atoms with Crippen molar-refractivity contribution in [3.63, 3.8) is 0 Å². The third-order valence-corrected chi connectivity index (χ3v) is 3.28. The molecule has 0 radical (unpaired) electrons. The number of hydrogen-bond acceptors (Lipinski definition) is 1. The van der Waals surface area contributed by atoms with Gasteiger partial charge in [-0.1, -0.05) is 64.5 Å². The zero-order valence-electron chi connectivity index (χ0n) is 10.4. The first kappa shape index (κ1) is 13.1. The van der Waals surface area contributed by atoms with Gasteiger partial charge >= 0.3 is 0 Å². The molecule has 92 valence electrons. The standard InChI is InChI=1S/C16H16BrN/c1-18-12-11-16(13-5-3-2-4-6-13)14-7-9-15(17)10-8-14/h2-11,18H,12H2,1H3. The van der Waals surface area contributed by atoms with Gasteiger partial charge in [0.1, 0.15) is 0 Å². The summed E-state index contributed by atoms with van der Waals surface area (Å²) in [6, 6.07) is 18.9. The summed E-state index contributed by atoms with van der Waals surface area (Å²) in [7, 11) is 1.96. The molecule has 2 heteroatoms. The predicted octanol–water partition coefficient (Wildman–Crippen LogP) is 4.10. The van der Waals surface area contributed by atoms with Gasteiger partial charge in [-0.05, 0) is 35.9 Å². The van der Waals surface area contributed by atoms with Gasteiger partial charge in [0.2, 0.25) is 0 Å². The Balaban J connectivity index is 2.40. The highest BCUT2D eigenvalue weighted by Crippen LogP contribution is 2.24. The highest BCUT2D eigenvalue weighted by molar-refractivity contribution is 9.10. The van der Waals surface area contributed by atoms with Gasteiger partial charge in [-0.3, -0.25) is 0 Å². The number of hydrogen-bond donors (Lipinski definition) is 1. The molecule has 0 unspecified atom stereocenters. The Kier molecular flexibility index (Phi) is 4.73. The molecule has 0 aliphatic carbocycles. The van der Waals surface area contributed by atoms with E-state index in [2.05, 4.69) is 75.9 Å². The quantitative estimate of drug-likeness (QED) is 0.896. The molecular weight excluding hydrogens is 286 g/mol. The maximum Gasteiger partial charge on any atom is 0.0175 e. The largest absolute Gasteiger partial charge is 0.316 e. The van der Waals surface area contributed by atoms with Crippen LogP contribution in [0.4, 0.5) is 0 Å². The number of likely N-dealkylation sites (N-methyl/N-ethyl adjacent to an activating group) is 1. The van der Waals surface area contributed by atoms with Crippen LogP contribution < -0.4 is 5.32 Å². The van der Waals surface area contributed by atoms with E-state index in [1.165, 1.54) is 16.7 Å². The Morgan fingerprint density at radius 2 is 1.61 bits per heavy atom. The molecule has 1 N–H and O–H groups in total. The summed E-state index contributed by atoms with van der Waals surface area (Å²) in [5.74, 6) is 0. The van der Waals surface area contributed by atoms with E-state index in [4.69, 9.17) is 0 Å². The Hall–Kier alpha value is -1.38. The van der Waals surface area contributed by atoms with Gasteiger partial charge in [0.05, 0.1) is 0 Å². The molecule has 0 aliphatic rings. The van der Waals surface area contributed by atoms with Crippen LogP contribution >= 0.6 is 15.9 Å². The average molecular weight is 302 g/mol. The molecule has 0 bridgehead atoms. The summed E-state index contributed by atoms with van der Waals surface area (Å²) < 4.78 is 1.10. The lowest BCUT2D eigenvalue weighted by atomic mass is 9.98. The second-order valence-electron chi connectivity index (χ2n) is 4.05. The van der Waals surface area contributed by atoms with Gasteiger partial charge < -0.3 is 5.32 Å². The number of nitrogens with one attached hydrogen (secondary N) is 1. The lowest BCUT2D eigenvalue weighted by molar-refractivity contribution is 0.920. The van der Waals surface area contributed by atoms with Crippen molar-refractivity contribution in [2.75, 3.05) is 13.6 Å². The van der Waals surface area contributed by atoms with E-state index in [9.17, 15) is 0 Å². The van der Waals surface area contributed by atoms with Crippen LogP contribution in [-0.2, 0) is 0 Å². The number of halogens is 1. The minimum Gasteiger partial charge on any atom is -0.316 e. The van der Waals surface area contributed by atoms with E-state index in [1.54, 1.807) is 0 Å². The van der Waals surface area contributed by atoms with E-state index in [-0.39, 0.29) is 0 Å². The van der Waals surface area contributed by atoms with Crippen LogP contribution in [0.2, 0.25) is 0 Å². The molecule has 2 aromatic carbocycles. The van der Waals surface area contributed by atoms with E-state index in [0.29, 0.717) is 0 Å². The third kappa shape index (κ3) is 3.31. The molecule has 0 aromatic heterocycles. The average Bonchev–Trinajstić information content (AvgIpc) is 2.42. The SMILES string of the molecule is CNCC=C(c1ccccc1)c1ccc(Br)cc1. The molecule has 0 spiro atoms.